The number of hydrogen-bond donors (Lipinski definition) is 1. The highest BCUT2D eigenvalue weighted by Gasteiger charge is 2.27. The smallest absolute Gasteiger partial charge is 0.317 e. The van der Waals surface area contributed by atoms with E-state index in [0.717, 1.165) is 34.0 Å². The average Bonchev–Trinajstić information content (AvgIpc) is 3.15. The maximum atomic E-state index is 13.0. The summed E-state index contributed by atoms with van der Waals surface area (Å²) < 4.78 is 0. The molecule has 2 aromatic rings. The number of rotatable bonds is 4. The summed E-state index contributed by atoms with van der Waals surface area (Å²) in [5.74, 6) is 0.115. The largest absolute Gasteiger partial charge is 0.339 e. The van der Waals surface area contributed by atoms with Gasteiger partial charge in [-0.2, -0.15) is 0 Å². The van der Waals surface area contributed by atoms with Crippen LogP contribution in [0.5, 0.6) is 0 Å². The van der Waals surface area contributed by atoms with Crippen molar-refractivity contribution in [1.82, 2.24) is 20.1 Å². The van der Waals surface area contributed by atoms with Crippen molar-refractivity contribution in [1.29, 1.82) is 0 Å². The highest BCUT2D eigenvalue weighted by molar-refractivity contribution is 7.12. The fraction of sp³-hybridized carbons (Fsp3) is 0.542. The predicted molar refractivity (Wildman–Crippen MR) is 124 cm³/mol. The molecule has 0 unspecified atom stereocenters. The number of nitrogens with one attached hydrogen (secondary N) is 1. The van der Waals surface area contributed by atoms with Crippen LogP contribution in [0.3, 0.4) is 0 Å². The van der Waals surface area contributed by atoms with Gasteiger partial charge in [0.05, 0.1) is 17.1 Å². The maximum absolute atomic E-state index is 13.0. The molecule has 4 rings (SSSR count). The summed E-state index contributed by atoms with van der Waals surface area (Å²) in [6.07, 6.45) is 6.22. The molecule has 0 bridgehead atoms. The first-order valence-corrected chi connectivity index (χ1v) is 12.2. The van der Waals surface area contributed by atoms with E-state index in [1.165, 1.54) is 24.8 Å². The third kappa shape index (κ3) is 5.45. The lowest BCUT2D eigenvalue weighted by Crippen LogP contribution is -2.54. The molecule has 0 spiro atoms. The number of urea groups is 1. The van der Waals surface area contributed by atoms with Crippen molar-refractivity contribution in [3.8, 4) is 11.3 Å². The Hall–Kier alpha value is -2.41. The number of piperazine rings is 1. The van der Waals surface area contributed by atoms with E-state index in [-0.39, 0.29) is 11.9 Å². The third-order valence-electron chi connectivity index (χ3n) is 6.29. The number of hydrogen-bond acceptors (Lipinski definition) is 4. The van der Waals surface area contributed by atoms with E-state index < -0.39 is 0 Å². The van der Waals surface area contributed by atoms with Crippen LogP contribution in [0.2, 0.25) is 0 Å². The molecule has 1 saturated carbocycles. The molecule has 2 aliphatic rings. The first kappa shape index (κ1) is 21.8. The van der Waals surface area contributed by atoms with Crippen LogP contribution >= 0.6 is 11.3 Å². The molecule has 0 atom stereocenters. The van der Waals surface area contributed by atoms with Gasteiger partial charge >= 0.3 is 6.03 Å². The first-order chi connectivity index (χ1) is 15.0. The Morgan fingerprint density at radius 1 is 1.00 bits per heavy atom. The molecule has 7 heteroatoms. The molecule has 3 amide bonds. The van der Waals surface area contributed by atoms with Gasteiger partial charge in [-0.25, -0.2) is 9.78 Å². The minimum atomic E-state index is 0.0266. The van der Waals surface area contributed by atoms with Crippen molar-refractivity contribution in [2.24, 2.45) is 0 Å². The molecule has 1 aromatic carbocycles. The summed E-state index contributed by atoms with van der Waals surface area (Å²) in [4.78, 5) is 35.0. The zero-order valence-electron chi connectivity index (χ0n) is 18.5. The standard InChI is InChI=1S/C24H32N4O2S/c1-17-8-10-19(11-9-17)23-21(31-18(2)25-23)16-22(29)27-12-14-28(15-13-27)24(30)26-20-6-4-3-5-7-20/h8-11,20H,3-7,12-16H2,1-2H3,(H,26,30). The molecule has 6 nitrogen and oxygen atoms in total. The Morgan fingerprint density at radius 2 is 1.65 bits per heavy atom. The molecule has 1 aliphatic carbocycles. The second-order valence-electron chi connectivity index (χ2n) is 8.70. The van der Waals surface area contributed by atoms with Gasteiger partial charge in [-0.1, -0.05) is 49.1 Å². The normalized spacial score (nSPS) is 17.6. The molecule has 1 N–H and O–H groups in total. The Labute approximate surface area is 188 Å². The van der Waals surface area contributed by atoms with Crippen LogP contribution < -0.4 is 5.32 Å². The van der Waals surface area contributed by atoms with Gasteiger partial charge in [-0.05, 0) is 26.7 Å². The Morgan fingerprint density at radius 3 is 2.32 bits per heavy atom. The fourth-order valence-corrected chi connectivity index (χ4v) is 5.40. The van der Waals surface area contributed by atoms with E-state index in [9.17, 15) is 9.59 Å². The molecule has 166 valence electrons. The van der Waals surface area contributed by atoms with Crippen molar-refractivity contribution < 1.29 is 9.59 Å². The third-order valence-corrected chi connectivity index (χ3v) is 7.26. The molecule has 1 aliphatic heterocycles. The van der Waals surface area contributed by atoms with Gasteiger partial charge in [-0.15, -0.1) is 11.3 Å². The molecular weight excluding hydrogens is 408 g/mol. The SMILES string of the molecule is Cc1ccc(-c2nc(C)sc2CC(=O)N2CCN(C(=O)NC3CCCCC3)CC2)cc1. The van der Waals surface area contributed by atoms with Gasteiger partial charge in [-0.3, -0.25) is 4.79 Å². The van der Waals surface area contributed by atoms with Crippen LogP contribution in [0.4, 0.5) is 4.79 Å². The summed E-state index contributed by atoms with van der Waals surface area (Å²) in [7, 11) is 0. The zero-order chi connectivity index (χ0) is 21.8. The van der Waals surface area contributed by atoms with E-state index in [1.54, 1.807) is 11.3 Å². The van der Waals surface area contributed by atoms with Gasteiger partial charge < -0.3 is 15.1 Å². The molecule has 1 aromatic heterocycles. The lowest BCUT2D eigenvalue weighted by molar-refractivity contribution is -0.131. The van der Waals surface area contributed by atoms with Gasteiger partial charge in [0.25, 0.3) is 0 Å². The van der Waals surface area contributed by atoms with Gasteiger partial charge in [0, 0.05) is 42.7 Å². The first-order valence-electron chi connectivity index (χ1n) is 11.4. The highest BCUT2D eigenvalue weighted by Crippen LogP contribution is 2.29. The Kier molecular flexibility index (Phi) is 6.90. The Bertz CT molecular complexity index is 910. The quantitative estimate of drug-likeness (QED) is 0.777. The van der Waals surface area contributed by atoms with Crippen LogP contribution in [0.15, 0.2) is 24.3 Å². The lowest BCUT2D eigenvalue weighted by atomic mass is 9.96. The van der Waals surface area contributed by atoms with Crippen molar-refractivity contribution in [3.63, 3.8) is 0 Å². The second-order valence-corrected chi connectivity index (χ2v) is 9.99. The second kappa shape index (κ2) is 9.81. The van der Waals surface area contributed by atoms with Gasteiger partial charge in [0.1, 0.15) is 0 Å². The van der Waals surface area contributed by atoms with Crippen LogP contribution in [0.25, 0.3) is 11.3 Å². The molecule has 2 fully saturated rings. The number of benzene rings is 1. The monoisotopic (exact) mass is 440 g/mol. The van der Waals surface area contributed by atoms with Crippen molar-refractivity contribution in [2.45, 2.75) is 58.4 Å². The van der Waals surface area contributed by atoms with Gasteiger partial charge in [0.2, 0.25) is 5.91 Å². The number of carbonyl (C=O) groups excluding carboxylic acids is 2. The number of aromatic nitrogens is 1. The zero-order valence-corrected chi connectivity index (χ0v) is 19.3. The summed E-state index contributed by atoms with van der Waals surface area (Å²) in [6, 6.07) is 8.64. The summed E-state index contributed by atoms with van der Waals surface area (Å²) >= 11 is 1.60. The minimum absolute atomic E-state index is 0.0266. The molecular formula is C24H32N4O2S. The van der Waals surface area contributed by atoms with Crippen molar-refractivity contribution in [2.75, 3.05) is 26.2 Å². The summed E-state index contributed by atoms with van der Waals surface area (Å²) in [5.41, 5.74) is 3.18. The highest BCUT2D eigenvalue weighted by atomic mass is 32.1. The van der Waals surface area contributed by atoms with E-state index in [0.29, 0.717) is 38.6 Å². The number of nitrogens with zero attached hydrogens (tertiary/aromatic N) is 3. The molecule has 31 heavy (non-hydrogen) atoms. The van der Waals surface area contributed by atoms with Crippen LogP contribution in [0, 0.1) is 13.8 Å². The van der Waals surface area contributed by atoms with Gasteiger partial charge in [0.15, 0.2) is 0 Å². The summed E-state index contributed by atoms with van der Waals surface area (Å²) in [6.45, 7) is 6.42. The fourth-order valence-electron chi connectivity index (χ4n) is 4.45. The molecule has 1 saturated heterocycles. The van der Waals surface area contributed by atoms with E-state index >= 15 is 0 Å². The number of amides is 3. The lowest BCUT2D eigenvalue weighted by Gasteiger charge is -2.36. The van der Waals surface area contributed by atoms with Crippen LogP contribution in [0.1, 0.15) is 47.6 Å². The summed E-state index contributed by atoms with van der Waals surface area (Å²) in [5, 5.41) is 4.16. The molecule has 0 radical (unpaired) electrons. The van der Waals surface area contributed by atoms with Crippen molar-refractivity contribution >= 4 is 23.3 Å². The van der Waals surface area contributed by atoms with Crippen molar-refractivity contribution in [3.05, 3.63) is 39.7 Å². The van der Waals surface area contributed by atoms with E-state index in [2.05, 4.69) is 41.5 Å². The van der Waals surface area contributed by atoms with Crippen LogP contribution in [-0.2, 0) is 11.2 Å². The predicted octanol–water partition coefficient (Wildman–Crippen LogP) is 4.16. The molecule has 2 heterocycles. The Balaban J connectivity index is 1.32. The average molecular weight is 441 g/mol. The number of carbonyl (C=O) groups is 2. The van der Waals surface area contributed by atoms with E-state index in [4.69, 9.17) is 0 Å². The van der Waals surface area contributed by atoms with Crippen LogP contribution in [-0.4, -0.2) is 58.9 Å². The maximum Gasteiger partial charge on any atom is 0.317 e. The van der Waals surface area contributed by atoms with E-state index in [1.807, 2.05) is 16.7 Å². The minimum Gasteiger partial charge on any atom is -0.339 e. The number of thiazole rings is 1. The topological polar surface area (TPSA) is 65.5 Å². The number of aryl methyl sites for hydroxylation is 2.